The predicted octanol–water partition coefficient (Wildman–Crippen LogP) is 0.345. The Morgan fingerprint density at radius 2 is 1.12 bits per heavy atom. The summed E-state index contributed by atoms with van der Waals surface area (Å²) in [6, 6.07) is 9.80. The second kappa shape index (κ2) is 12.2. The summed E-state index contributed by atoms with van der Waals surface area (Å²) in [6.45, 7) is 3.74. The van der Waals surface area contributed by atoms with Gasteiger partial charge in [0.1, 0.15) is 24.4 Å². The van der Waals surface area contributed by atoms with Crippen molar-refractivity contribution in [1.29, 1.82) is 0 Å². The van der Waals surface area contributed by atoms with Crippen LogP contribution in [0.2, 0.25) is 0 Å². The summed E-state index contributed by atoms with van der Waals surface area (Å²) in [5.41, 5.74) is 1.95. The van der Waals surface area contributed by atoms with Crippen LogP contribution >= 0.6 is 0 Å². The number of hydrogen-bond acceptors (Lipinski definition) is 10. The molecule has 1 fully saturated rings. The highest BCUT2D eigenvalue weighted by Crippen LogP contribution is 2.30. The van der Waals surface area contributed by atoms with E-state index in [2.05, 4.69) is 18.6 Å². The Bertz CT molecular complexity index is 858. The van der Waals surface area contributed by atoms with E-state index in [0.717, 1.165) is 24.0 Å². The predicted molar refractivity (Wildman–Crippen MR) is 121 cm³/mol. The van der Waals surface area contributed by atoms with Crippen molar-refractivity contribution < 1.29 is 50.7 Å². The second-order valence-electron chi connectivity index (χ2n) is 8.73. The molecule has 190 valence electrons. The smallest absolute Gasteiger partial charge is 0.184 e. The molecule has 2 aromatic rings. The first-order valence-electron chi connectivity index (χ1n) is 10.9. The monoisotopic (exact) mass is 482 g/mol. The number of phenolic OH excluding ortho intramolecular Hbond substituents is 4. The van der Waals surface area contributed by atoms with Gasteiger partial charge in [-0.25, -0.2) is 0 Å². The first-order valence-corrected chi connectivity index (χ1v) is 10.9. The fourth-order valence-corrected chi connectivity index (χ4v) is 3.62. The minimum atomic E-state index is -1.57. The van der Waals surface area contributed by atoms with Crippen molar-refractivity contribution in [3.05, 3.63) is 47.5 Å². The third-order valence-electron chi connectivity index (χ3n) is 6.03. The van der Waals surface area contributed by atoms with Crippen LogP contribution in [0.25, 0.3) is 0 Å². The van der Waals surface area contributed by atoms with E-state index in [1.807, 2.05) is 12.1 Å². The summed E-state index contributed by atoms with van der Waals surface area (Å²) in [5, 5.41) is 82.4. The molecule has 2 aromatic carbocycles. The molecule has 9 N–H and O–H groups in total. The normalized spacial score (nSPS) is 26.3. The fourth-order valence-electron chi connectivity index (χ4n) is 3.62. The molecule has 3 rings (SSSR count). The highest BCUT2D eigenvalue weighted by molar-refractivity contribution is 5.41. The van der Waals surface area contributed by atoms with Crippen molar-refractivity contribution >= 4 is 0 Å². The largest absolute Gasteiger partial charge is 0.504 e. The zero-order valence-corrected chi connectivity index (χ0v) is 19.1. The van der Waals surface area contributed by atoms with Gasteiger partial charge in [-0.2, -0.15) is 0 Å². The van der Waals surface area contributed by atoms with E-state index >= 15 is 0 Å². The minimum Gasteiger partial charge on any atom is -0.504 e. The van der Waals surface area contributed by atoms with Crippen LogP contribution in [-0.4, -0.2) is 83.3 Å². The first-order chi connectivity index (χ1) is 15.9. The zero-order valence-electron chi connectivity index (χ0n) is 19.1. The van der Waals surface area contributed by atoms with Crippen LogP contribution < -0.4 is 0 Å². The van der Waals surface area contributed by atoms with E-state index in [4.69, 9.17) is 25.5 Å². The van der Waals surface area contributed by atoms with Crippen molar-refractivity contribution in [3.8, 4) is 23.0 Å². The maximum atomic E-state index is 9.54. The Morgan fingerprint density at radius 1 is 0.676 bits per heavy atom. The number of benzene rings is 2. The van der Waals surface area contributed by atoms with Crippen molar-refractivity contribution in [2.45, 2.75) is 57.4 Å². The summed E-state index contributed by atoms with van der Waals surface area (Å²) in [7, 11) is 0. The third kappa shape index (κ3) is 7.20. The van der Waals surface area contributed by atoms with Crippen LogP contribution in [0, 0.1) is 11.8 Å². The van der Waals surface area contributed by atoms with Gasteiger partial charge in [-0.05, 0) is 60.1 Å². The van der Waals surface area contributed by atoms with Gasteiger partial charge in [0.2, 0.25) is 0 Å². The first kappa shape index (κ1) is 27.6. The topological polar surface area (TPSA) is 191 Å². The Hall–Kier alpha value is -2.60. The van der Waals surface area contributed by atoms with Gasteiger partial charge in [0, 0.05) is 0 Å². The molecule has 0 amide bonds. The van der Waals surface area contributed by atoms with Gasteiger partial charge in [0.05, 0.1) is 6.61 Å². The minimum absolute atomic E-state index is 0.0965. The maximum Gasteiger partial charge on any atom is 0.184 e. The molecule has 1 saturated heterocycles. The summed E-state index contributed by atoms with van der Waals surface area (Å²) >= 11 is 0. The number of rotatable bonds is 6. The fraction of sp³-hybridized carbons (Fsp3) is 0.500. The van der Waals surface area contributed by atoms with Gasteiger partial charge >= 0.3 is 0 Å². The lowest BCUT2D eigenvalue weighted by atomic mass is 9.85. The molecule has 0 spiro atoms. The molecule has 0 bridgehead atoms. The summed E-state index contributed by atoms with van der Waals surface area (Å²) in [5.74, 6) is 0.314. The molecule has 0 radical (unpaired) electrons. The van der Waals surface area contributed by atoms with Crippen LogP contribution in [-0.2, 0) is 17.6 Å². The highest BCUT2D eigenvalue weighted by Gasteiger charge is 2.42. The standard InChI is InChI=1S/C18H22O4.C6H12O6/c1-11(7-13-3-5-15(19)17(21)9-13)12(2)8-14-4-6-16(20)18(22)10-14;7-1-2-3(8)4(9)5(10)6(11)12-2/h3-6,9-12,19-22H,7-8H2,1-2H3;2-11H,1H2/t11-,12+;2-,3-,4+,5-,6-/m.1/s1. The van der Waals surface area contributed by atoms with E-state index < -0.39 is 37.3 Å². The Labute approximate surface area is 197 Å². The molecule has 10 nitrogen and oxygen atoms in total. The Balaban J connectivity index is 0.000000287. The van der Waals surface area contributed by atoms with Crippen LogP contribution in [0.1, 0.15) is 25.0 Å². The molecule has 0 aliphatic carbocycles. The lowest BCUT2D eigenvalue weighted by Gasteiger charge is -2.37. The quantitative estimate of drug-likeness (QED) is 0.260. The van der Waals surface area contributed by atoms with Gasteiger partial charge < -0.3 is 50.7 Å². The van der Waals surface area contributed by atoms with Crippen molar-refractivity contribution in [2.75, 3.05) is 6.61 Å². The third-order valence-corrected chi connectivity index (χ3v) is 6.03. The van der Waals surface area contributed by atoms with Gasteiger partial charge in [-0.1, -0.05) is 26.0 Å². The maximum absolute atomic E-state index is 9.54. The Kier molecular flexibility index (Phi) is 9.92. The average Bonchev–Trinajstić information content (AvgIpc) is 2.80. The number of aromatic hydroxyl groups is 4. The van der Waals surface area contributed by atoms with Gasteiger partial charge in [0.25, 0.3) is 0 Å². The van der Waals surface area contributed by atoms with Crippen LogP contribution in [0.15, 0.2) is 36.4 Å². The Morgan fingerprint density at radius 3 is 1.50 bits per heavy atom. The molecular formula is C24H34O10. The van der Waals surface area contributed by atoms with Gasteiger partial charge in [-0.15, -0.1) is 0 Å². The van der Waals surface area contributed by atoms with Crippen LogP contribution in [0.5, 0.6) is 23.0 Å². The van der Waals surface area contributed by atoms with E-state index in [0.29, 0.717) is 11.8 Å². The second-order valence-corrected chi connectivity index (χ2v) is 8.73. The van der Waals surface area contributed by atoms with E-state index in [1.54, 1.807) is 12.1 Å². The van der Waals surface area contributed by atoms with Crippen molar-refractivity contribution in [3.63, 3.8) is 0 Å². The molecule has 1 aliphatic heterocycles. The highest BCUT2D eigenvalue weighted by atomic mass is 16.6. The molecule has 0 aromatic heterocycles. The molecule has 7 atom stereocenters. The average molecular weight is 483 g/mol. The molecule has 1 aliphatic rings. The van der Waals surface area contributed by atoms with Gasteiger partial charge in [0.15, 0.2) is 29.3 Å². The number of ether oxygens (including phenoxy) is 1. The molecule has 10 heteroatoms. The summed E-state index contributed by atoms with van der Waals surface area (Å²) in [6.07, 6.45) is -5.46. The number of aliphatic hydroxyl groups excluding tert-OH is 5. The van der Waals surface area contributed by atoms with E-state index in [1.165, 1.54) is 12.1 Å². The van der Waals surface area contributed by atoms with Crippen molar-refractivity contribution in [1.82, 2.24) is 0 Å². The lowest BCUT2D eigenvalue weighted by Crippen LogP contribution is -2.58. The van der Waals surface area contributed by atoms with E-state index in [-0.39, 0.29) is 23.0 Å². The van der Waals surface area contributed by atoms with Crippen LogP contribution in [0.4, 0.5) is 0 Å². The lowest BCUT2D eigenvalue weighted by molar-refractivity contribution is -0.286. The van der Waals surface area contributed by atoms with Gasteiger partial charge in [-0.3, -0.25) is 0 Å². The number of phenols is 4. The number of hydrogen-bond donors (Lipinski definition) is 9. The van der Waals surface area contributed by atoms with E-state index in [9.17, 15) is 20.4 Å². The van der Waals surface area contributed by atoms with Crippen molar-refractivity contribution in [2.24, 2.45) is 11.8 Å². The number of aliphatic hydroxyl groups is 5. The molecule has 0 unspecified atom stereocenters. The SMILES string of the molecule is C[C@H](Cc1ccc(O)c(O)c1)[C@@H](C)Cc1ccc(O)c(O)c1.OC[C@H]1O[C@@H](O)[C@H](O)[C@@H](O)[C@@H]1O. The summed E-state index contributed by atoms with van der Waals surface area (Å²) < 4.78 is 4.58. The molecular weight excluding hydrogens is 448 g/mol. The molecule has 0 saturated carbocycles. The molecule has 34 heavy (non-hydrogen) atoms. The summed E-state index contributed by atoms with van der Waals surface area (Å²) in [4.78, 5) is 0. The molecule has 1 heterocycles. The zero-order chi connectivity index (χ0) is 25.6. The van der Waals surface area contributed by atoms with Crippen LogP contribution in [0.3, 0.4) is 0 Å².